The summed E-state index contributed by atoms with van der Waals surface area (Å²) in [5, 5.41) is 15.1. The SMILES string of the molecule is O=C(CCN(C(=O)c1cccs1)c1nc(-c2cc3ccccc3o2)cs1)N1CCCC(O)C1. The Morgan fingerprint density at radius 2 is 2.09 bits per heavy atom. The molecule has 1 atom stereocenters. The normalized spacial score (nSPS) is 16.3. The number of aromatic nitrogens is 1. The number of benzene rings is 1. The van der Waals surface area contributed by atoms with Gasteiger partial charge in [0.05, 0.1) is 11.0 Å². The van der Waals surface area contributed by atoms with Crippen molar-refractivity contribution in [2.45, 2.75) is 25.4 Å². The van der Waals surface area contributed by atoms with Crippen molar-refractivity contribution in [2.24, 2.45) is 0 Å². The van der Waals surface area contributed by atoms with Gasteiger partial charge in [-0.05, 0) is 36.4 Å². The van der Waals surface area contributed by atoms with E-state index in [1.165, 1.54) is 22.7 Å². The number of rotatable bonds is 6. The Bertz CT molecular complexity index is 1230. The number of aliphatic hydroxyl groups excluding tert-OH is 1. The first kappa shape index (κ1) is 21.8. The Hall–Kier alpha value is -3.01. The molecule has 170 valence electrons. The number of carbonyl (C=O) groups is 2. The van der Waals surface area contributed by atoms with Gasteiger partial charge in [0.15, 0.2) is 10.9 Å². The molecule has 9 heteroatoms. The largest absolute Gasteiger partial charge is 0.454 e. The number of hydrogen-bond donors (Lipinski definition) is 1. The number of para-hydroxylation sites is 1. The van der Waals surface area contributed by atoms with Crippen molar-refractivity contribution < 1.29 is 19.1 Å². The molecule has 0 aliphatic carbocycles. The molecule has 1 unspecified atom stereocenters. The number of hydrogen-bond acceptors (Lipinski definition) is 7. The van der Waals surface area contributed by atoms with Crippen LogP contribution in [0.25, 0.3) is 22.4 Å². The zero-order valence-corrected chi connectivity index (χ0v) is 19.5. The van der Waals surface area contributed by atoms with Gasteiger partial charge in [0, 0.05) is 36.8 Å². The fraction of sp³-hybridized carbons (Fsp3) is 0.292. The van der Waals surface area contributed by atoms with Crippen molar-refractivity contribution in [1.29, 1.82) is 0 Å². The lowest BCUT2D eigenvalue weighted by atomic mass is 10.1. The van der Waals surface area contributed by atoms with Crippen LogP contribution in [0, 0.1) is 0 Å². The lowest BCUT2D eigenvalue weighted by Gasteiger charge is -2.30. The molecule has 7 nitrogen and oxygen atoms in total. The average Bonchev–Trinajstić information content (AvgIpc) is 3.59. The summed E-state index contributed by atoms with van der Waals surface area (Å²) in [4.78, 5) is 34.5. The molecule has 1 aliphatic rings. The standard InChI is InChI=1S/C24H23N3O4S2/c28-17-6-3-10-26(14-17)22(29)9-11-27(23(30)21-8-4-12-32-21)24-25-18(15-33-24)20-13-16-5-1-2-7-19(16)31-20/h1-2,4-5,7-8,12-13,15,17,28H,3,6,9-11,14H2. The van der Waals surface area contributed by atoms with E-state index in [0.717, 1.165) is 23.8 Å². The molecule has 0 saturated carbocycles. The second-order valence-corrected chi connectivity index (χ2v) is 9.77. The summed E-state index contributed by atoms with van der Waals surface area (Å²) < 4.78 is 5.93. The van der Waals surface area contributed by atoms with Gasteiger partial charge < -0.3 is 14.4 Å². The van der Waals surface area contributed by atoms with E-state index in [4.69, 9.17) is 4.42 Å². The first-order valence-corrected chi connectivity index (χ1v) is 12.6. The molecule has 1 N–H and O–H groups in total. The van der Waals surface area contributed by atoms with Crippen LogP contribution in [0.5, 0.6) is 0 Å². The van der Waals surface area contributed by atoms with Crippen molar-refractivity contribution in [3.05, 3.63) is 58.1 Å². The van der Waals surface area contributed by atoms with Crippen LogP contribution in [0.15, 0.2) is 57.6 Å². The summed E-state index contributed by atoms with van der Waals surface area (Å²) in [6.45, 7) is 1.21. The molecule has 4 heterocycles. The second-order valence-electron chi connectivity index (χ2n) is 7.98. The number of likely N-dealkylation sites (tertiary alicyclic amines) is 1. The van der Waals surface area contributed by atoms with Crippen LogP contribution in [-0.2, 0) is 4.79 Å². The van der Waals surface area contributed by atoms with E-state index in [9.17, 15) is 14.7 Å². The van der Waals surface area contributed by atoms with E-state index in [-0.39, 0.29) is 24.8 Å². The molecule has 1 saturated heterocycles. The highest BCUT2D eigenvalue weighted by Gasteiger charge is 2.26. The van der Waals surface area contributed by atoms with Gasteiger partial charge in [-0.1, -0.05) is 24.3 Å². The highest BCUT2D eigenvalue weighted by molar-refractivity contribution is 7.14. The predicted octanol–water partition coefficient (Wildman–Crippen LogP) is 4.64. The molecular formula is C24H23N3O4S2. The maximum atomic E-state index is 13.2. The second kappa shape index (κ2) is 9.46. The van der Waals surface area contributed by atoms with E-state index in [1.54, 1.807) is 15.9 Å². The van der Waals surface area contributed by atoms with Gasteiger partial charge in [-0.15, -0.1) is 22.7 Å². The topological polar surface area (TPSA) is 86.9 Å². The van der Waals surface area contributed by atoms with Crippen molar-refractivity contribution in [1.82, 2.24) is 9.88 Å². The number of furan rings is 1. The number of aliphatic hydroxyl groups is 1. The van der Waals surface area contributed by atoms with Crippen LogP contribution in [0.3, 0.4) is 0 Å². The molecule has 33 heavy (non-hydrogen) atoms. The average molecular weight is 482 g/mol. The third-order valence-corrected chi connectivity index (χ3v) is 7.40. The summed E-state index contributed by atoms with van der Waals surface area (Å²) in [6, 6.07) is 13.3. The summed E-state index contributed by atoms with van der Waals surface area (Å²) >= 11 is 2.71. The van der Waals surface area contributed by atoms with Crippen LogP contribution in [0.2, 0.25) is 0 Å². The zero-order valence-electron chi connectivity index (χ0n) is 17.8. The lowest BCUT2D eigenvalue weighted by molar-refractivity contribution is -0.134. The minimum atomic E-state index is -0.475. The van der Waals surface area contributed by atoms with Crippen LogP contribution >= 0.6 is 22.7 Å². The number of amides is 2. The first-order valence-electron chi connectivity index (χ1n) is 10.8. The molecule has 5 rings (SSSR count). The van der Waals surface area contributed by atoms with Gasteiger partial charge in [-0.25, -0.2) is 4.98 Å². The third kappa shape index (κ3) is 4.71. The van der Waals surface area contributed by atoms with Crippen LogP contribution in [-0.4, -0.2) is 52.5 Å². The lowest BCUT2D eigenvalue weighted by Crippen LogP contribution is -2.43. The van der Waals surface area contributed by atoms with Gasteiger partial charge in [0.1, 0.15) is 11.3 Å². The molecule has 1 aromatic carbocycles. The molecule has 4 aromatic rings. The molecule has 1 aliphatic heterocycles. The summed E-state index contributed by atoms with van der Waals surface area (Å²) in [6.07, 6.45) is 1.20. The first-order chi connectivity index (χ1) is 16.1. The maximum absolute atomic E-state index is 13.2. The van der Waals surface area contributed by atoms with E-state index < -0.39 is 6.10 Å². The molecular weight excluding hydrogens is 458 g/mol. The van der Waals surface area contributed by atoms with Crippen LogP contribution < -0.4 is 4.90 Å². The predicted molar refractivity (Wildman–Crippen MR) is 130 cm³/mol. The van der Waals surface area contributed by atoms with E-state index in [0.29, 0.717) is 34.6 Å². The molecule has 0 radical (unpaired) electrons. The number of carbonyl (C=O) groups excluding carboxylic acids is 2. The number of nitrogens with zero attached hydrogens (tertiary/aromatic N) is 3. The van der Waals surface area contributed by atoms with Gasteiger partial charge in [0.2, 0.25) is 5.91 Å². The Morgan fingerprint density at radius 3 is 2.88 bits per heavy atom. The van der Waals surface area contributed by atoms with Gasteiger partial charge in [-0.2, -0.15) is 0 Å². The van der Waals surface area contributed by atoms with Crippen molar-refractivity contribution >= 4 is 50.6 Å². The fourth-order valence-electron chi connectivity index (χ4n) is 3.97. The Balaban J connectivity index is 1.37. The number of thiazole rings is 1. The number of anilines is 1. The molecule has 1 fully saturated rings. The minimum Gasteiger partial charge on any atom is -0.454 e. The smallest absolute Gasteiger partial charge is 0.270 e. The minimum absolute atomic E-state index is 0.0632. The Labute approximate surface area is 198 Å². The van der Waals surface area contributed by atoms with Gasteiger partial charge in [0.25, 0.3) is 5.91 Å². The van der Waals surface area contributed by atoms with E-state index in [1.807, 2.05) is 47.2 Å². The summed E-state index contributed by atoms with van der Waals surface area (Å²) in [5.41, 5.74) is 1.43. The molecule has 2 amide bonds. The Morgan fingerprint density at radius 1 is 1.21 bits per heavy atom. The zero-order chi connectivity index (χ0) is 22.8. The fourth-order valence-corrected chi connectivity index (χ4v) is 5.48. The monoisotopic (exact) mass is 481 g/mol. The van der Waals surface area contributed by atoms with Crippen LogP contribution in [0.4, 0.5) is 5.13 Å². The van der Waals surface area contributed by atoms with E-state index in [2.05, 4.69) is 4.98 Å². The highest BCUT2D eigenvalue weighted by Crippen LogP contribution is 2.32. The third-order valence-electron chi connectivity index (χ3n) is 5.68. The number of thiophene rings is 1. The van der Waals surface area contributed by atoms with Gasteiger partial charge >= 0.3 is 0 Å². The number of piperidine rings is 1. The molecule has 0 bridgehead atoms. The Kier molecular flexibility index (Phi) is 6.26. The quantitative estimate of drug-likeness (QED) is 0.434. The number of fused-ring (bicyclic) bond motifs is 1. The van der Waals surface area contributed by atoms with Crippen molar-refractivity contribution in [3.63, 3.8) is 0 Å². The molecule has 0 spiro atoms. The maximum Gasteiger partial charge on any atom is 0.270 e. The highest BCUT2D eigenvalue weighted by atomic mass is 32.1. The van der Waals surface area contributed by atoms with Gasteiger partial charge in [-0.3, -0.25) is 14.5 Å². The van der Waals surface area contributed by atoms with Crippen LogP contribution in [0.1, 0.15) is 28.9 Å². The van der Waals surface area contributed by atoms with Crippen molar-refractivity contribution in [3.8, 4) is 11.5 Å². The molecule has 3 aromatic heterocycles. The number of β-amino-alcohol motifs (C(OH)–C–C–N with tert-alkyl or cyclic N) is 1. The van der Waals surface area contributed by atoms with E-state index >= 15 is 0 Å². The summed E-state index contributed by atoms with van der Waals surface area (Å²) in [5.74, 6) is 0.398. The van der Waals surface area contributed by atoms with Crippen molar-refractivity contribution in [2.75, 3.05) is 24.5 Å². The summed E-state index contributed by atoms with van der Waals surface area (Å²) in [7, 11) is 0.